The summed E-state index contributed by atoms with van der Waals surface area (Å²) in [4.78, 5) is 23.6. The summed E-state index contributed by atoms with van der Waals surface area (Å²) in [5.74, 6) is -1.42. The molecule has 37 heavy (non-hydrogen) atoms. The van der Waals surface area contributed by atoms with Gasteiger partial charge in [0, 0.05) is 19.2 Å². The van der Waals surface area contributed by atoms with Crippen molar-refractivity contribution in [3.63, 3.8) is 0 Å². The maximum absolute atomic E-state index is 15.0. The fraction of sp³-hybridized carbons (Fsp3) is 0.500. The van der Waals surface area contributed by atoms with E-state index in [2.05, 4.69) is 25.3 Å². The van der Waals surface area contributed by atoms with Crippen LogP contribution in [-0.2, 0) is 18.4 Å². The molecule has 3 aromatic rings. The number of nitrogens with zero attached hydrogens (tertiary/aromatic N) is 6. The van der Waals surface area contributed by atoms with Gasteiger partial charge in [0.15, 0.2) is 0 Å². The van der Waals surface area contributed by atoms with Gasteiger partial charge in [0.25, 0.3) is 6.43 Å². The van der Waals surface area contributed by atoms with E-state index >= 15 is 0 Å². The standard InChI is InChI=1S/C24H25F3N6O4/c1-12-19(37-14-9-13-5-7-24(27,22(34)35)15(13)10-14)4-3-16(29-12)20-18(33(2)32-31-20)11-36-23-28-8-6-17(30-23)21(25)26/h3-4,6,8,13-15,21H,5,7,9-11H2,1-2H3,(H,34,35)/t13-,14-,15+,24+/m1/s1. The molecule has 0 radical (unpaired) electrons. The van der Waals surface area contributed by atoms with E-state index in [9.17, 15) is 23.1 Å². The number of alkyl halides is 3. The van der Waals surface area contributed by atoms with Gasteiger partial charge < -0.3 is 14.6 Å². The average molecular weight is 518 g/mol. The predicted octanol–water partition coefficient (Wildman–Crippen LogP) is 3.85. The monoisotopic (exact) mass is 518 g/mol. The molecule has 0 unspecified atom stereocenters. The molecule has 4 atom stereocenters. The molecule has 0 aromatic carbocycles. The Hall–Kier alpha value is -3.77. The van der Waals surface area contributed by atoms with Gasteiger partial charge in [-0.3, -0.25) is 0 Å². The molecule has 5 rings (SSSR count). The summed E-state index contributed by atoms with van der Waals surface area (Å²) in [5, 5.41) is 17.5. The third-order valence-corrected chi connectivity index (χ3v) is 7.21. The Balaban J connectivity index is 1.29. The second kappa shape index (κ2) is 9.60. The van der Waals surface area contributed by atoms with Gasteiger partial charge in [-0.05, 0) is 56.7 Å². The Morgan fingerprint density at radius 1 is 1.27 bits per heavy atom. The molecule has 13 heteroatoms. The highest BCUT2D eigenvalue weighted by Crippen LogP contribution is 2.52. The lowest BCUT2D eigenvalue weighted by molar-refractivity contribution is -0.153. The molecule has 0 saturated heterocycles. The number of halogens is 3. The molecule has 0 bridgehead atoms. The summed E-state index contributed by atoms with van der Waals surface area (Å²) in [6.45, 7) is 1.69. The number of aromatic nitrogens is 6. The first-order valence-corrected chi connectivity index (χ1v) is 11.8. The van der Waals surface area contributed by atoms with Gasteiger partial charge in [0.2, 0.25) is 5.67 Å². The van der Waals surface area contributed by atoms with Crippen molar-refractivity contribution >= 4 is 5.97 Å². The summed E-state index contributed by atoms with van der Waals surface area (Å²) in [5.41, 5.74) is -0.590. The first-order chi connectivity index (χ1) is 17.7. The quantitative estimate of drug-likeness (QED) is 0.473. The number of aryl methyl sites for hydroxylation is 2. The van der Waals surface area contributed by atoms with Gasteiger partial charge in [0.1, 0.15) is 29.4 Å². The molecule has 196 valence electrons. The van der Waals surface area contributed by atoms with Crippen LogP contribution in [0, 0.1) is 18.8 Å². The molecule has 1 N–H and O–H groups in total. The van der Waals surface area contributed by atoms with E-state index in [-0.39, 0.29) is 31.1 Å². The number of hydrogen-bond acceptors (Lipinski definition) is 8. The van der Waals surface area contributed by atoms with Crippen LogP contribution in [0.1, 0.15) is 49.2 Å². The lowest BCUT2D eigenvalue weighted by atomic mass is 9.89. The van der Waals surface area contributed by atoms with E-state index in [1.54, 1.807) is 26.1 Å². The molecular weight excluding hydrogens is 493 g/mol. The number of aliphatic carboxylic acids is 1. The normalized spacial score (nSPS) is 24.9. The highest BCUT2D eigenvalue weighted by atomic mass is 19.3. The largest absolute Gasteiger partial charge is 0.489 e. The third kappa shape index (κ3) is 4.69. The first kappa shape index (κ1) is 24.9. The second-order valence-corrected chi connectivity index (χ2v) is 9.43. The zero-order chi connectivity index (χ0) is 26.3. The van der Waals surface area contributed by atoms with Crippen LogP contribution in [0.25, 0.3) is 11.4 Å². The minimum Gasteiger partial charge on any atom is -0.489 e. The van der Waals surface area contributed by atoms with E-state index in [4.69, 9.17) is 9.47 Å². The Bertz CT molecular complexity index is 1320. The molecule has 2 fully saturated rings. The zero-order valence-electron chi connectivity index (χ0n) is 20.1. The van der Waals surface area contributed by atoms with Crippen LogP contribution in [0.4, 0.5) is 13.2 Å². The molecule has 3 heterocycles. The van der Waals surface area contributed by atoms with E-state index in [0.717, 1.165) is 6.07 Å². The van der Waals surface area contributed by atoms with Crippen molar-refractivity contribution in [3.8, 4) is 23.1 Å². The molecule has 3 aromatic heterocycles. The Kier molecular flexibility index (Phi) is 6.46. The van der Waals surface area contributed by atoms with Crippen molar-refractivity contribution in [2.24, 2.45) is 18.9 Å². The Morgan fingerprint density at radius 3 is 2.81 bits per heavy atom. The number of carboxylic acids is 1. The smallest absolute Gasteiger partial charge is 0.341 e. The van der Waals surface area contributed by atoms with Crippen molar-refractivity contribution in [1.29, 1.82) is 0 Å². The van der Waals surface area contributed by atoms with Crippen molar-refractivity contribution < 1.29 is 32.5 Å². The molecular formula is C24H25F3N6O4. The predicted molar refractivity (Wildman–Crippen MR) is 122 cm³/mol. The van der Waals surface area contributed by atoms with Crippen molar-refractivity contribution in [1.82, 2.24) is 29.9 Å². The van der Waals surface area contributed by atoms with Crippen LogP contribution < -0.4 is 9.47 Å². The second-order valence-electron chi connectivity index (χ2n) is 9.43. The number of pyridine rings is 1. The number of fused-ring (bicyclic) bond motifs is 1. The van der Waals surface area contributed by atoms with Gasteiger partial charge in [-0.1, -0.05) is 5.21 Å². The van der Waals surface area contributed by atoms with Crippen LogP contribution in [0.2, 0.25) is 0 Å². The molecule has 2 aliphatic carbocycles. The topological polar surface area (TPSA) is 125 Å². The van der Waals surface area contributed by atoms with Crippen LogP contribution in [0.5, 0.6) is 11.8 Å². The lowest BCUT2D eigenvalue weighted by Gasteiger charge is -2.22. The number of carboxylic acid groups (broad SMARTS) is 1. The summed E-state index contributed by atoms with van der Waals surface area (Å²) < 4.78 is 53.9. The Morgan fingerprint density at radius 2 is 2.08 bits per heavy atom. The fourth-order valence-electron chi connectivity index (χ4n) is 5.30. The van der Waals surface area contributed by atoms with E-state index in [1.165, 1.54) is 10.9 Å². The minimum absolute atomic E-state index is 0.00819. The maximum Gasteiger partial charge on any atom is 0.341 e. The van der Waals surface area contributed by atoms with E-state index in [1.807, 2.05) is 0 Å². The van der Waals surface area contributed by atoms with Crippen molar-refractivity contribution in [2.45, 2.75) is 57.4 Å². The summed E-state index contributed by atoms with van der Waals surface area (Å²) in [6, 6.07) is 4.36. The number of hydrogen-bond donors (Lipinski definition) is 1. The van der Waals surface area contributed by atoms with Crippen LogP contribution in [0.15, 0.2) is 24.4 Å². The van der Waals surface area contributed by atoms with Crippen molar-refractivity contribution in [3.05, 3.63) is 41.5 Å². The third-order valence-electron chi connectivity index (χ3n) is 7.21. The number of ether oxygens (including phenoxy) is 2. The summed E-state index contributed by atoms with van der Waals surface area (Å²) >= 11 is 0. The van der Waals surface area contributed by atoms with Gasteiger partial charge in [-0.25, -0.2) is 32.6 Å². The Labute approximate surface area is 209 Å². The van der Waals surface area contributed by atoms with Gasteiger partial charge >= 0.3 is 12.0 Å². The minimum atomic E-state index is -2.74. The SMILES string of the molecule is Cc1nc(-c2nnn(C)c2COc2nccc(C(F)F)n2)ccc1O[C@@H]1C[C@H]2CC[C@@](F)(C(=O)O)[C@H]2C1. The first-order valence-electron chi connectivity index (χ1n) is 11.8. The average Bonchev–Trinajstić information content (AvgIpc) is 3.54. The van der Waals surface area contributed by atoms with Gasteiger partial charge in [-0.15, -0.1) is 5.10 Å². The van der Waals surface area contributed by atoms with Crippen LogP contribution in [-0.4, -0.2) is 52.8 Å². The van der Waals surface area contributed by atoms with Gasteiger partial charge in [0.05, 0.1) is 17.5 Å². The highest BCUT2D eigenvalue weighted by Gasteiger charge is 2.58. The molecule has 0 spiro atoms. The molecule has 2 aliphatic rings. The van der Waals surface area contributed by atoms with E-state index in [0.29, 0.717) is 47.8 Å². The molecule has 2 saturated carbocycles. The maximum atomic E-state index is 15.0. The summed E-state index contributed by atoms with van der Waals surface area (Å²) in [7, 11) is 1.66. The molecule has 0 aliphatic heterocycles. The molecule has 0 amide bonds. The van der Waals surface area contributed by atoms with Gasteiger partial charge in [-0.2, -0.15) is 4.98 Å². The van der Waals surface area contributed by atoms with Crippen LogP contribution in [0.3, 0.4) is 0 Å². The molecule has 10 nitrogen and oxygen atoms in total. The van der Waals surface area contributed by atoms with E-state index < -0.39 is 29.7 Å². The number of carbonyl (C=O) groups is 1. The van der Waals surface area contributed by atoms with Crippen molar-refractivity contribution in [2.75, 3.05) is 0 Å². The lowest BCUT2D eigenvalue weighted by Crippen LogP contribution is -2.38. The summed E-state index contributed by atoms with van der Waals surface area (Å²) in [6.07, 6.45) is -0.303. The number of rotatable bonds is 8. The highest BCUT2D eigenvalue weighted by molar-refractivity contribution is 5.78. The fourth-order valence-corrected chi connectivity index (χ4v) is 5.30. The van der Waals surface area contributed by atoms with Crippen LogP contribution >= 0.6 is 0 Å². The zero-order valence-corrected chi connectivity index (χ0v) is 20.1.